The summed E-state index contributed by atoms with van der Waals surface area (Å²) in [7, 11) is 0. The molecule has 0 aromatic rings. The molecule has 0 saturated carbocycles. The molecule has 0 aliphatic carbocycles. The first-order valence-electron chi connectivity index (χ1n) is 5.31. The van der Waals surface area contributed by atoms with Crippen LogP contribution in [0.3, 0.4) is 0 Å². The van der Waals surface area contributed by atoms with Crippen LogP contribution < -0.4 is 5.32 Å². The van der Waals surface area contributed by atoms with E-state index in [1.807, 2.05) is 0 Å². The van der Waals surface area contributed by atoms with Crippen molar-refractivity contribution in [3.8, 4) is 0 Å². The summed E-state index contributed by atoms with van der Waals surface area (Å²) in [6.45, 7) is 4.31. The van der Waals surface area contributed by atoms with E-state index in [0.717, 1.165) is 38.8 Å². The molecule has 3 nitrogen and oxygen atoms in total. The van der Waals surface area contributed by atoms with E-state index in [-0.39, 0.29) is 0 Å². The zero-order valence-corrected chi connectivity index (χ0v) is 8.25. The predicted molar refractivity (Wildman–Crippen MR) is 51.4 cm³/mol. The number of hydrogen-bond donors (Lipinski definition) is 1. The molecule has 13 heavy (non-hydrogen) atoms. The Kier molecular flexibility index (Phi) is 2.54. The van der Waals surface area contributed by atoms with E-state index in [4.69, 9.17) is 0 Å². The van der Waals surface area contributed by atoms with E-state index >= 15 is 0 Å². The van der Waals surface area contributed by atoms with Crippen LogP contribution in [0.2, 0.25) is 0 Å². The smallest absolute Gasteiger partial charge is 0.223 e. The summed E-state index contributed by atoms with van der Waals surface area (Å²) in [5.74, 6) is 0.374. The average molecular weight is 182 g/mol. The van der Waals surface area contributed by atoms with Crippen molar-refractivity contribution >= 4 is 5.91 Å². The zero-order valence-electron chi connectivity index (χ0n) is 8.25. The van der Waals surface area contributed by atoms with Crippen LogP contribution in [0.15, 0.2) is 0 Å². The number of rotatable bonds is 1. The molecule has 0 spiro atoms. The molecule has 2 rings (SSSR count). The Hall–Kier alpha value is -0.570. The van der Waals surface area contributed by atoms with Gasteiger partial charge in [0, 0.05) is 18.5 Å². The van der Waals surface area contributed by atoms with Gasteiger partial charge in [-0.3, -0.25) is 4.79 Å². The molecule has 2 heterocycles. The molecule has 0 radical (unpaired) electrons. The van der Waals surface area contributed by atoms with Crippen LogP contribution in [0.25, 0.3) is 0 Å². The first-order valence-corrected chi connectivity index (χ1v) is 5.31. The van der Waals surface area contributed by atoms with E-state index < -0.39 is 0 Å². The molecule has 2 fully saturated rings. The highest BCUT2D eigenvalue weighted by Gasteiger charge is 2.33. The lowest BCUT2D eigenvalue weighted by molar-refractivity contribution is -0.131. The molecular weight excluding hydrogens is 164 g/mol. The molecule has 3 heteroatoms. The summed E-state index contributed by atoms with van der Waals surface area (Å²) < 4.78 is 0. The van der Waals surface area contributed by atoms with E-state index in [1.165, 1.54) is 0 Å². The van der Waals surface area contributed by atoms with Crippen molar-refractivity contribution in [3.05, 3.63) is 0 Å². The first-order chi connectivity index (χ1) is 6.29. The number of nitrogens with zero attached hydrogens (tertiary/aromatic N) is 1. The second kappa shape index (κ2) is 3.66. The Morgan fingerprint density at radius 3 is 2.54 bits per heavy atom. The summed E-state index contributed by atoms with van der Waals surface area (Å²) in [5, 5.41) is 3.33. The third-order valence-corrected chi connectivity index (χ3v) is 3.24. The van der Waals surface area contributed by atoms with E-state index in [0.29, 0.717) is 18.0 Å². The Labute approximate surface area is 79.5 Å². The number of amides is 1. The Morgan fingerprint density at radius 2 is 2.00 bits per heavy atom. The van der Waals surface area contributed by atoms with E-state index in [2.05, 4.69) is 17.1 Å². The van der Waals surface area contributed by atoms with Gasteiger partial charge >= 0.3 is 0 Å². The normalized spacial score (nSPS) is 31.3. The molecule has 2 aliphatic rings. The summed E-state index contributed by atoms with van der Waals surface area (Å²) in [5.41, 5.74) is 0. The van der Waals surface area contributed by atoms with Gasteiger partial charge in [0.25, 0.3) is 0 Å². The van der Waals surface area contributed by atoms with Gasteiger partial charge in [0.05, 0.1) is 0 Å². The number of piperidine rings is 1. The van der Waals surface area contributed by atoms with Crippen LogP contribution >= 0.6 is 0 Å². The fourth-order valence-corrected chi connectivity index (χ4v) is 2.49. The molecule has 1 atom stereocenters. The summed E-state index contributed by atoms with van der Waals surface area (Å²) in [6, 6.07) is 1.00. The van der Waals surface area contributed by atoms with Crippen molar-refractivity contribution < 1.29 is 4.79 Å². The monoisotopic (exact) mass is 182 g/mol. The Balaban J connectivity index is 2.00. The molecule has 74 valence electrons. The van der Waals surface area contributed by atoms with Gasteiger partial charge in [0.2, 0.25) is 5.91 Å². The minimum atomic E-state index is 0.374. The molecule has 0 aromatic carbocycles. The maximum atomic E-state index is 11.6. The standard InChI is InChI=1S/C10H18N2O/c1-8-2-3-10(13)12(8)9-4-6-11-7-5-9/h8-9,11H,2-7H2,1H3/t8-/m1/s1. The van der Waals surface area contributed by atoms with Crippen molar-refractivity contribution in [2.75, 3.05) is 13.1 Å². The largest absolute Gasteiger partial charge is 0.337 e. The molecular formula is C10H18N2O. The highest BCUT2D eigenvalue weighted by molar-refractivity contribution is 5.79. The molecule has 0 aromatic heterocycles. The van der Waals surface area contributed by atoms with Gasteiger partial charge in [-0.15, -0.1) is 0 Å². The fraction of sp³-hybridized carbons (Fsp3) is 0.900. The summed E-state index contributed by atoms with van der Waals surface area (Å²) in [6.07, 6.45) is 4.10. The van der Waals surface area contributed by atoms with Crippen LogP contribution in [0, 0.1) is 0 Å². The second-order valence-electron chi connectivity index (χ2n) is 4.17. The van der Waals surface area contributed by atoms with Crippen LogP contribution in [0.5, 0.6) is 0 Å². The van der Waals surface area contributed by atoms with Gasteiger partial charge in [0.1, 0.15) is 0 Å². The first kappa shape index (κ1) is 9.00. The lowest BCUT2D eigenvalue weighted by atomic mass is 10.0. The average Bonchev–Trinajstić information content (AvgIpc) is 2.48. The van der Waals surface area contributed by atoms with Crippen molar-refractivity contribution in [3.63, 3.8) is 0 Å². The van der Waals surface area contributed by atoms with Gasteiger partial charge in [-0.1, -0.05) is 0 Å². The van der Waals surface area contributed by atoms with Crippen molar-refractivity contribution in [2.24, 2.45) is 0 Å². The SMILES string of the molecule is C[C@@H]1CCC(=O)N1C1CCNCC1. The van der Waals surface area contributed by atoms with Gasteiger partial charge < -0.3 is 10.2 Å². The lowest BCUT2D eigenvalue weighted by Crippen LogP contribution is -2.46. The van der Waals surface area contributed by atoms with Crippen LogP contribution in [-0.4, -0.2) is 36.0 Å². The quantitative estimate of drug-likeness (QED) is 0.649. The number of carbonyl (C=O) groups excluding carboxylic acids is 1. The maximum absolute atomic E-state index is 11.6. The third-order valence-electron chi connectivity index (χ3n) is 3.24. The molecule has 2 aliphatic heterocycles. The minimum Gasteiger partial charge on any atom is -0.337 e. The number of carbonyl (C=O) groups is 1. The van der Waals surface area contributed by atoms with Gasteiger partial charge in [-0.25, -0.2) is 0 Å². The van der Waals surface area contributed by atoms with E-state index in [1.54, 1.807) is 0 Å². The molecule has 0 bridgehead atoms. The van der Waals surface area contributed by atoms with Gasteiger partial charge in [0.15, 0.2) is 0 Å². The highest BCUT2D eigenvalue weighted by Crippen LogP contribution is 2.24. The van der Waals surface area contributed by atoms with E-state index in [9.17, 15) is 4.79 Å². The molecule has 1 N–H and O–H groups in total. The lowest BCUT2D eigenvalue weighted by Gasteiger charge is -2.34. The maximum Gasteiger partial charge on any atom is 0.223 e. The number of likely N-dealkylation sites (tertiary alicyclic amines) is 1. The fourth-order valence-electron chi connectivity index (χ4n) is 2.49. The third kappa shape index (κ3) is 1.70. The predicted octanol–water partition coefficient (Wildman–Crippen LogP) is 0.749. The van der Waals surface area contributed by atoms with Gasteiger partial charge in [-0.2, -0.15) is 0 Å². The van der Waals surface area contributed by atoms with Crippen molar-refractivity contribution in [2.45, 2.75) is 44.7 Å². The van der Waals surface area contributed by atoms with Gasteiger partial charge in [-0.05, 0) is 39.3 Å². The second-order valence-corrected chi connectivity index (χ2v) is 4.17. The molecule has 2 saturated heterocycles. The topological polar surface area (TPSA) is 32.3 Å². The Morgan fingerprint density at radius 1 is 1.31 bits per heavy atom. The minimum absolute atomic E-state index is 0.374. The molecule has 1 amide bonds. The van der Waals surface area contributed by atoms with Crippen molar-refractivity contribution in [1.29, 1.82) is 0 Å². The van der Waals surface area contributed by atoms with Crippen LogP contribution in [0.1, 0.15) is 32.6 Å². The van der Waals surface area contributed by atoms with Crippen LogP contribution in [-0.2, 0) is 4.79 Å². The van der Waals surface area contributed by atoms with Crippen molar-refractivity contribution in [1.82, 2.24) is 10.2 Å². The number of hydrogen-bond acceptors (Lipinski definition) is 2. The number of nitrogens with one attached hydrogen (secondary N) is 1. The molecule has 0 unspecified atom stereocenters. The Bertz CT molecular complexity index is 199. The zero-order chi connectivity index (χ0) is 9.26. The highest BCUT2D eigenvalue weighted by atomic mass is 16.2. The van der Waals surface area contributed by atoms with Crippen LogP contribution in [0.4, 0.5) is 0 Å². The summed E-state index contributed by atoms with van der Waals surface area (Å²) in [4.78, 5) is 13.7. The summed E-state index contributed by atoms with van der Waals surface area (Å²) >= 11 is 0.